The van der Waals surface area contributed by atoms with Crippen LogP contribution in [-0.2, 0) is 13.0 Å². The molecule has 1 aliphatic rings. The number of hydrogen-bond acceptors (Lipinski definition) is 2. The summed E-state index contributed by atoms with van der Waals surface area (Å²) in [5.74, 6) is 1.79. The summed E-state index contributed by atoms with van der Waals surface area (Å²) in [5, 5.41) is 0. The predicted molar refractivity (Wildman–Crippen MR) is 91.1 cm³/mol. The highest BCUT2D eigenvalue weighted by atomic mass is 16.5. The van der Waals surface area contributed by atoms with Gasteiger partial charge >= 0.3 is 0 Å². The summed E-state index contributed by atoms with van der Waals surface area (Å²) in [6.07, 6.45) is 3.84. The van der Waals surface area contributed by atoms with Gasteiger partial charge in [-0.3, -0.25) is 4.90 Å². The monoisotopic (exact) mass is 295 g/mol. The quantitative estimate of drug-likeness (QED) is 0.821. The molecular weight excluding hydrogens is 270 g/mol. The van der Waals surface area contributed by atoms with Crippen LogP contribution in [0.4, 0.5) is 0 Å². The van der Waals surface area contributed by atoms with Gasteiger partial charge in [-0.05, 0) is 61.5 Å². The van der Waals surface area contributed by atoms with E-state index < -0.39 is 0 Å². The number of piperidine rings is 1. The highest BCUT2D eigenvalue weighted by molar-refractivity contribution is 5.28. The Morgan fingerprint density at radius 3 is 2.41 bits per heavy atom. The summed E-state index contributed by atoms with van der Waals surface area (Å²) >= 11 is 0. The molecule has 1 aliphatic heterocycles. The Labute approximate surface area is 133 Å². The number of ether oxygens (including phenoxy) is 1. The van der Waals surface area contributed by atoms with E-state index in [-0.39, 0.29) is 0 Å². The zero-order valence-corrected chi connectivity index (χ0v) is 13.4. The normalized spacial score (nSPS) is 16.6. The molecule has 1 heterocycles. The Kier molecular flexibility index (Phi) is 5.12. The molecule has 0 bridgehead atoms. The third kappa shape index (κ3) is 4.11. The maximum absolute atomic E-state index is 5.31. The van der Waals surface area contributed by atoms with Crippen LogP contribution in [0.25, 0.3) is 0 Å². The fourth-order valence-electron chi connectivity index (χ4n) is 3.33. The lowest BCUT2D eigenvalue weighted by Crippen LogP contribution is -2.33. The minimum absolute atomic E-state index is 0.837. The third-order valence-electron chi connectivity index (χ3n) is 4.61. The number of benzene rings is 2. The topological polar surface area (TPSA) is 12.5 Å². The van der Waals surface area contributed by atoms with Crippen molar-refractivity contribution in [3.8, 4) is 5.75 Å². The first kappa shape index (κ1) is 15.1. The summed E-state index contributed by atoms with van der Waals surface area (Å²) in [6.45, 7) is 3.44. The molecule has 1 saturated heterocycles. The molecule has 1 fully saturated rings. The molecule has 0 aliphatic carbocycles. The first-order valence-corrected chi connectivity index (χ1v) is 8.22. The second-order valence-electron chi connectivity index (χ2n) is 6.26. The molecule has 0 unspecified atom stereocenters. The first-order valence-electron chi connectivity index (χ1n) is 8.22. The first-order chi connectivity index (χ1) is 10.8. The van der Waals surface area contributed by atoms with Crippen molar-refractivity contribution in [2.45, 2.75) is 25.8 Å². The molecule has 0 spiro atoms. The average Bonchev–Trinajstić information content (AvgIpc) is 2.58. The average molecular weight is 295 g/mol. The lowest BCUT2D eigenvalue weighted by molar-refractivity contribution is 0.177. The van der Waals surface area contributed by atoms with Crippen molar-refractivity contribution >= 4 is 0 Å². The van der Waals surface area contributed by atoms with Gasteiger partial charge in [-0.25, -0.2) is 0 Å². The van der Waals surface area contributed by atoms with E-state index in [1.165, 1.54) is 43.5 Å². The van der Waals surface area contributed by atoms with Gasteiger partial charge in [0.15, 0.2) is 0 Å². The lowest BCUT2D eigenvalue weighted by Gasteiger charge is -2.32. The SMILES string of the molecule is COc1cccc(CN2CCC(Cc3ccccc3)CC2)c1. The second kappa shape index (κ2) is 7.46. The molecule has 2 heteroatoms. The summed E-state index contributed by atoms with van der Waals surface area (Å²) < 4.78 is 5.31. The molecule has 0 atom stereocenters. The minimum atomic E-state index is 0.837. The maximum atomic E-state index is 5.31. The molecule has 0 amide bonds. The Bertz CT molecular complexity index is 573. The molecule has 116 valence electrons. The van der Waals surface area contributed by atoms with Gasteiger partial charge in [0.1, 0.15) is 5.75 Å². The summed E-state index contributed by atoms with van der Waals surface area (Å²) in [5.41, 5.74) is 2.83. The largest absolute Gasteiger partial charge is 0.497 e. The molecule has 0 aromatic heterocycles. The van der Waals surface area contributed by atoms with Gasteiger partial charge < -0.3 is 4.74 Å². The Balaban J connectivity index is 1.49. The molecule has 0 N–H and O–H groups in total. The zero-order chi connectivity index (χ0) is 15.2. The van der Waals surface area contributed by atoms with E-state index in [1.54, 1.807) is 7.11 Å². The van der Waals surface area contributed by atoms with Crippen molar-refractivity contribution in [3.05, 3.63) is 65.7 Å². The minimum Gasteiger partial charge on any atom is -0.497 e. The fraction of sp³-hybridized carbons (Fsp3) is 0.400. The van der Waals surface area contributed by atoms with E-state index in [2.05, 4.69) is 53.4 Å². The van der Waals surface area contributed by atoms with Crippen molar-refractivity contribution in [1.82, 2.24) is 4.90 Å². The molecule has 3 rings (SSSR count). The van der Waals surface area contributed by atoms with Crippen LogP contribution >= 0.6 is 0 Å². The van der Waals surface area contributed by atoms with Crippen molar-refractivity contribution in [3.63, 3.8) is 0 Å². The van der Waals surface area contributed by atoms with Crippen LogP contribution < -0.4 is 4.74 Å². The van der Waals surface area contributed by atoms with Gasteiger partial charge in [0.25, 0.3) is 0 Å². The van der Waals surface area contributed by atoms with Gasteiger partial charge in [-0.1, -0.05) is 42.5 Å². The van der Waals surface area contributed by atoms with Gasteiger partial charge in [-0.2, -0.15) is 0 Å². The van der Waals surface area contributed by atoms with Gasteiger partial charge in [0, 0.05) is 6.54 Å². The smallest absolute Gasteiger partial charge is 0.119 e. The lowest BCUT2D eigenvalue weighted by atomic mass is 9.90. The van der Waals surface area contributed by atoms with E-state index in [1.807, 2.05) is 6.07 Å². The van der Waals surface area contributed by atoms with Crippen LogP contribution in [0.15, 0.2) is 54.6 Å². The number of nitrogens with zero attached hydrogens (tertiary/aromatic N) is 1. The van der Waals surface area contributed by atoms with Crippen LogP contribution in [0.5, 0.6) is 5.75 Å². The fourth-order valence-corrected chi connectivity index (χ4v) is 3.33. The van der Waals surface area contributed by atoms with Crippen molar-refractivity contribution < 1.29 is 4.74 Å². The number of likely N-dealkylation sites (tertiary alicyclic amines) is 1. The standard InChI is InChI=1S/C20H25NO/c1-22-20-9-5-8-19(15-20)16-21-12-10-18(11-13-21)14-17-6-3-2-4-7-17/h2-9,15,18H,10-14,16H2,1H3. The Morgan fingerprint density at radius 2 is 1.68 bits per heavy atom. The van der Waals surface area contributed by atoms with Crippen LogP contribution in [0.2, 0.25) is 0 Å². The summed E-state index contributed by atoms with van der Waals surface area (Å²) in [6, 6.07) is 19.3. The second-order valence-corrected chi connectivity index (χ2v) is 6.26. The van der Waals surface area contributed by atoms with E-state index >= 15 is 0 Å². The molecule has 2 aromatic carbocycles. The highest BCUT2D eigenvalue weighted by Crippen LogP contribution is 2.23. The highest BCUT2D eigenvalue weighted by Gasteiger charge is 2.19. The summed E-state index contributed by atoms with van der Waals surface area (Å²) in [7, 11) is 1.73. The molecule has 2 aromatic rings. The molecule has 0 saturated carbocycles. The van der Waals surface area contributed by atoms with E-state index in [0.29, 0.717) is 0 Å². The molecule has 0 radical (unpaired) electrons. The van der Waals surface area contributed by atoms with Gasteiger partial charge in [0.05, 0.1) is 7.11 Å². The van der Waals surface area contributed by atoms with E-state index in [4.69, 9.17) is 4.74 Å². The summed E-state index contributed by atoms with van der Waals surface area (Å²) in [4.78, 5) is 2.57. The molecule has 22 heavy (non-hydrogen) atoms. The number of hydrogen-bond donors (Lipinski definition) is 0. The number of rotatable bonds is 5. The van der Waals surface area contributed by atoms with Gasteiger partial charge in [0.2, 0.25) is 0 Å². The van der Waals surface area contributed by atoms with E-state index in [0.717, 1.165) is 18.2 Å². The molecular formula is C20H25NO. The van der Waals surface area contributed by atoms with Crippen LogP contribution in [0, 0.1) is 5.92 Å². The van der Waals surface area contributed by atoms with Crippen molar-refractivity contribution in [2.24, 2.45) is 5.92 Å². The van der Waals surface area contributed by atoms with Crippen LogP contribution in [0.1, 0.15) is 24.0 Å². The number of methoxy groups -OCH3 is 1. The Morgan fingerprint density at radius 1 is 0.955 bits per heavy atom. The van der Waals surface area contributed by atoms with Crippen LogP contribution in [0.3, 0.4) is 0 Å². The maximum Gasteiger partial charge on any atom is 0.119 e. The predicted octanol–water partition coefficient (Wildman–Crippen LogP) is 4.15. The van der Waals surface area contributed by atoms with E-state index in [9.17, 15) is 0 Å². The van der Waals surface area contributed by atoms with Gasteiger partial charge in [-0.15, -0.1) is 0 Å². The Hall–Kier alpha value is -1.80. The third-order valence-corrected chi connectivity index (χ3v) is 4.61. The van der Waals surface area contributed by atoms with Crippen LogP contribution in [-0.4, -0.2) is 25.1 Å². The zero-order valence-electron chi connectivity index (χ0n) is 13.4. The molecule has 2 nitrogen and oxygen atoms in total. The van der Waals surface area contributed by atoms with Crippen molar-refractivity contribution in [1.29, 1.82) is 0 Å². The van der Waals surface area contributed by atoms with Crippen molar-refractivity contribution in [2.75, 3.05) is 20.2 Å².